The van der Waals surface area contributed by atoms with Crippen LogP contribution in [0.3, 0.4) is 0 Å². The maximum atomic E-state index is 11.6. The maximum Gasteiger partial charge on any atom is 0.407 e. The molecule has 25 heavy (non-hydrogen) atoms. The highest BCUT2D eigenvalue weighted by atomic mass is 16.6. The van der Waals surface area contributed by atoms with E-state index < -0.39 is 11.7 Å². The Morgan fingerprint density at radius 2 is 2.04 bits per heavy atom. The Morgan fingerprint density at radius 1 is 1.28 bits per heavy atom. The average molecular weight is 355 g/mol. The molecule has 2 unspecified atom stereocenters. The van der Waals surface area contributed by atoms with Crippen molar-refractivity contribution in [2.45, 2.75) is 51.4 Å². The van der Waals surface area contributed by atoms with Crippen LogP contribution in [0.5, 0.6) is 0 Å². The van der Waals surface area contributed by atoms with Crippen LogP contribution in [0, 0.1) is 0 Å². The minimum absolute atomic E-state index is 0.188. The summed E-state index contributed by atoms with van der Waals surface area (Å²) >= 11 is 0. The van der Waals surface area contributed by atoms with Crippen molar-refractivity contribution in [3.05, 3.63) is 0 Å². The first kappa shape index (κ1) is 19.8. The van der Waals surface area contributed by atoms with E-state index in [-0.39, 0.29) is 6.10 Å². The number of carbonyl (C=O) groups excluding carboxylic acids is 1. The van der Waals surface area contributed by atoms with Gasteiger partial charge in [0.25, 0.3) is 0 Å². The predicted molar refractivity (Wildman–Crippen MR) is 97.9 cm³/mol. The highest BCUT2D eigenvalue weighted by Gasteiger charge is 2.32. The summed E-state index contributed by atoms with van der Waals surface area (Å²) in [7, 11) is 1.73. The molecule has 8 heteroatoms. The first-order chi connectivity index (χ1) is 11.9. The van der Waals surface area contributed by atoms with Crippen molar-refractivity contribution in [2.24, 2.45) is 4.99 Å². The first-order valence-electron chi connectivity index (χ1n) is 9.14. The third kappa shape index (κ3) is 7.07. The van der Waals surface area contributed by atoms with E-state index in [9.17, 15) is 4.79 Å². The lowest BCUT2D eigenvalue weighted by Crippen LogP contribution is -2.51. The number of amides is 1. The summed E-state index contributed by atoms with van der Waals surface area (Å²) < 4.78 is 11.1. The molecule has 0 saturated carbocycles. The first-order valence-corrected chi connectivity index (χ1v) is 9.14. The molecule has 0 aliphatic carbocycles. The highest BCUT2D eigenvalue weighted by molar-refractivity contribution is 5.79. The van der Waals surface area contributed by atoms with Crippen molar-refractivity contribution in [1.82, 2.24) is 20.9 Å². The molecule has 1 amide bonds. The Hall–Kier alpha value is -1.54. The van der Waals surface area contributed by atoms with E-state index in [1.54, 1.807) is 7.05 Å². The minimum Gasteiger partial charge on any atom is -0.444 e. The molecule has 144 valence electrons. The van der Waals surface area contributed by atoms with E-state index >= 15 is 0 Å². The SMILES string of the molecule is CN=C(NCCNC(=O)OC(C)(C)C)NCC1CN2CCCC2CO1. The van der Waals surface area contributed by atoms with E-state index in [4.69, 9.17) is 9.47 Å². The van der Waals surface area contributed by atoms with Crippen LogP contribution in [-0.4, -0.2) is 81.1 Å². The van der Waals surface area contributed by atoms with Gasteiger partial charge in [0.1, 0.15) is 5.60 Å². The number of hydrogen-bond acceptors (Lipinski definition) is 5. The highest BCUT2D eigenvalue weighted by Crippen LogP contribution is 2.22. The molecule has 2 aliphatic rings. The summed E-state index contributed by atoms with van der Waals surface area (Å²) in [5.74, 6) is 0.707. The zero-order valence-electron chi connectivity index (χ0n) is 15.9. The predicted octanol–water partition coefficient (Wildman–Crippen LogP) is 0.539. The van der Waals surface area contributed by atoms with Crippen molar-refractivity contribution in [1.29, 1.82) is 0 Å². The van der Waals surface area contributed by atoms with Gasteiger partial charge in [-0.2, -0.15) is 0 Å². The maximum absolute atomic E-state index is 11.6. The van der Waals surface area contributed by atoms with Crippen LogP contribution in [0.25, 0.3) is 0 Å². The molecule has 0 radical (unpaired) electrons. The lowest BCUT2D eigenvalue weighted by molar-refractivity contribution is -0.0453. The summed E-state index contributed by atoms with van der Waals surface area (Å²) in [6, 6.07) is 0.618. The number of guanidine groups is 1. The Kier molecular flexibility index (Phi) is 7.31. The molecule has 0 aromatic rings. The fraction of sp³-hybridized carbons (Fsp3) is 0.882. The summed E-state index contributed by atoms with van der Waals surface area (Å²) in [5, 5.41) is 9.17. The Morgan fingerprint density at radius 3 is 2.76 bits per heavy atom. The third-order valence-corrected chi connectivity index (χ3v) is 4.27. The number of rotatable bonds is 5. The smallest absolute Gasteiger partial charge is 0.407 e. The van der Waals surface area contributed by atoms with Gasteiger partial charge in [0, 0.05) is 39.3 Å². The molecule has 3 N–H and O–H groups in total. The molecule has 2 fully saturated rings. The second kappa shape index (κ2) is 9.24. The molecular formula is C17H33N5O3. The number of fused-ring (bicyclic) bond motifs is 1. The van der Waals surface area contributed by atoms with Crippen molar-refractivity contribution in [3.8, 4) is 0 Å². The van der Waals surface area contributed by atoms with Crippen molar-refractivity contribution < 1.29 is 14.3 Å². The van der Waals surface area contributed by atoms with Gasteiger partial charge in [0.15, 0.2) is 5.96 Å². The van der Waals surface area contributed by atoms with E-state index in [2.05, 4.69) is 25.8 Å². The van der Waals surface area contributed by atoms with Crippen LogP contribution >= 0.6 is 0 Å². The molecule has 0 aromatic carbocycles. The standard InChI is InChI=1S/C17H33N5O3/c1-17(2,3)25-16(23)20-8-7-19-15(18-4)21-10-14-11-22-9-5-6-13(22)12-24-14/h13-14H,5-12H2,1-4H3,(H,20,23)(H2,18,19,21). The summed E-state index contributed by atoms with van der Waals surface area (Å²) in [6.45, 7) is 10.3. The molecule has 2 heterocycles. The number of alkyl carbamates (subject to hydrolysis) is 1. The van der Waals surface area contributed by atoms with E-state index in [0.717, 1.165) is 19.7 Å². The molecule has 0 spiro atoms. The molecule has 8 nitrogen and oxygen atoms in total. The van der Waals surface area contributed by atoms with Gasteiger partial charge in [0.2, 0.25) is 0 Å². The van der Waals surface area contributed by atoms with Gasteiger partial charge >= 0.3 is 6.09 Å². The molecular weight excluding hydrogens is 322 g/mol. The molecule has 0 aromatic heterocycles. The Bertz CT molecular complexity index is 464. The average Bonchev–Trinajstić information content (AvgIpc) is 3.00. The van der Waals surface area contributed by atoms with E-state index in [1.165, 1.54) is 19.4 Å². The largest absolute Gasteiger partial charge is 0.444 e. The molecule has 2 saturated heterocycles. The van der Waals surface area contributed by atoms with E-state index in [0.29, 0.717) is 25.1 Å². The van der Waals surface area contributed by atoms with Gasteiger partial charge in [-0.05, 0) is 40.2 Å². The van der Waals surface area contributed by atoms with Crippen LogP contribution in [-0.2, 0) is 9.47 Å². The lowest BCUT2D eigenvalue weighted by Gasteiger charge is -2.35. The zero-order chi connectivity index (χ0) is 18.3. The second-order valence-corrected chi connectivity index (χ2v) is 7.55. The molecule has 0 bridgehead atoms. The van der Waals surface area contributed by atoms with Gasteiger partial charge in [-0.1, -0.05) is 0 Å². The minimum atomic E-state index is -0.483. The summed E-state index contributed by atoms with van der Waals surface area (Å²) in [4.78, 5) is 18.3. The van der Waals surface area contributed by atoms with Crippen LogP contribution < -0.4 is 16.0 Å². The quantitative estimate of drug-likeness (QED) is 0.379. The van der Waals surface area contributed by atoms with Gasteiger partial charge in [-0.15, -0.1) is 0 Å². The van der Waals surface area contributed by atoms with Crippen molar-refractivity contribution in [3.63, 3.8) is 0 Å². The molecule has 2 rings (SSSR count). The van der Waals surface area contributed by atoms with E-state index in [1.807, 2.05) is 20.8 Å². The van der Waals surface area contributed by atoms with Crippen LogP contribution in [0.15, 0.2) is 4.99 Å². The number of ether oxygens (including phenoxy) is 2. The number of hydrogen-bond donors (Lipinski definition) is 3. The summed E-state index contributed by atoms with van der Waals surface area (Å²) in [6.07, 6.45) is 2.32. The normalized spacial score (nSPS) is 24.6. The number of aliphatic imine (C=N–C) groups is 1. The van der Waals surface area contributed by atoms with Crippen molar-refractivity contribution in [2.75, 3.05) is 46.4 Å². The number of nitrogens with zero attached hydrogens (tertiary/aromatic N) is 2. The lowest BCUT2D eigenvalue weighted by atomic mass is 10.2. The Balaban J connectivity index is 1.58. The zero-order valence-corrected chi connectivity index (χ0v) is 15.9. The Labute approximate surface area is 150 Å². The fourth-order valence-corrected chi connectivity index (χ4v) is 3.10. The third-order valence-electron chi connectivity index (χ3n) is 4.27. The second-order valence-electron chi connectivity index (χ2n) is 7.55. The van der Waals surface area contributed by atoms with Crippen LogP contribution in [0.4, 0.5) is 4.79 Å². The number of morpholine rings is 1. The fourth-order valence-electron chi connectivity index (χ4n) is 3.10. The topological polar surface area (TPSA) is 87.2 Å². The van der Waals surface area contributed by atoms with Gasteiger partial charge in [-0.25, -0.2) is 4.79 Å². The number of nitrogens with one attached hydrogen (secondary N) is 3. The van der Waals surface area contributed by atoms with Gasteiger partial charge in [0.05, 0.1) is 12.7 Å². The van der Waals surface area contributed by atoms with Crippen LogP contribution in [0.2, 0.25) is 0 Å². The molecule has 2 atom stereocenters. The van der Waals surface area contributed by atoms with Gasteiger partial charge in [-0.3, -0.25) is 9.89 Å². The van der Waals surface area contributed by atoms with Gasteiger partial charge < -0.3 is 25.4 Å². The monoisotopic (exact) mass is 355 g/mol. The van der Waals surface area contributed by atoms with Crippen molar-refractivity contribution >= 4 is 12.1 Å². The van der Waals surface area contributed by atoms with Crippen LogP contribution in [0.1, 0.15) is 33.6 Å². The number of carbonyl (C=O) groups is 1. The summed E-state index contributed by atoms with van der Waals surface area (Å²) in [5.41, 5.74) is -0.483. The molecule has 2 aliphatic heterocycles.